The van der Waals surface area contributed by atoms with Crippen molar-refractivity contribution in [2.75, 3.05) is 0 Å². The van der Waals surface area contributed by atoms with Gasteiger partial charge in [-0.3, -0.25) is 0 Å². The summed E-state index contributed by atoms with van der Waals surface area (Å²) in [5.74, 6) is 0. The van der Waals surface area contributed by atoms with Crippen LogP contribution >= 0.6 is 0 Å². The Kier molecular flexibility index (Phi) is 9.48. The molecule has 0 heterocycles. The fourth-order valence-corrected chi connectivity index (χ4v) is 1.36. The van der Waals surface area contributed by atoms with Crippen molar-refractivity contribution in [1.29, 1.82) is 0 Å². The van der Waals surface area contributed by atoms with E-state index in [2.05, 4.69) is 10.2 Å². The van der Waals surface area contributed by atoms with E-state index in [0.29, 0.717) is 0 Å². The zero-order valence-corrected chi connectivity index (χ0v) is 12.2. The molecule has 0 aromatic heterocycles. The van der Waals surface area contributed by atoms with Gasteiger partial charge in [-0.25, -0.2) is 0 Å². The van der Waals surface area contributed by atoms with Gasteiger partial charge in [0.2, 0.25) is 0 Å². The zero-order valence-electron chi connectivity index (χ0n) is 12.2. The van der Waals surface area contributed by atoms with E-state index in [9.17, 15) is 30.6 Å². The van der Waals surface area contributed by atoms with Gasteiger partial charge in [-0.15, -0.1) is 0 Å². The van der Waals surface area contributed by atoms with Gasteiger partial charge in [0.25, 0.3) is 0 Å². The van der Waals surface area contributed by atoms with Crippen molar-refractivity contribution in [3.8, 4) is 0 Å². The summed E-state index contributed by atoms with van der Waals surface area (Å²) < 4.78 is 0. The monoisotopic (exact) mass is 324 g/mol. The lowest BCUT2D eigenvalue weighted by molar-refractivity contribution is -0.0823. The van der Waals surface area contributed by atoms with Crippen LogP contribution in [-0.4, -0.2) is 102 Å². The Morgan fingerprint density at radius 2 is 0.818 bits per heavy atom. The van der Waals surface area contributed by atoms with Crippen LogP contribution in [0, 0.1) is 0 Å². The van der Waals surface area contributed by atoms with Crippen molar-refractivity contribution in [3.63, 3.8) is 0 Å². The Morgan fingerprint density at radius 1 is 0.545 bits per heavy atom. The molecule has 0 unspecified atom stereocenters. The van der Waals surface area contributed by atoms with Gasteiger partial charge in [0.15, 0.2) is 0 Å². The van der Waals surface area contributed by atoms with Crippen molar-refractivity contribution in [1.82, 2.24) is 0 Å². The van der Waals surface area contributed by atoms with Gasteiger partial charge in [-0.2, -0.15) is 10.2 Å². The van der Waals surface area contributed by atoms with Crippen LogP contribution in [0.5, 0.6) is 0 Å². The van der Waals surface area contributed by atoms with Crippen molar-refractivity contribution >= 4 is 12.4 Å². The molecule has 0 amide bonds. The molecule has 0 aliphatic carbocycles. The van der Waals surface area contributed by atoms with Gasteiger partial charge >= 0.3 is 0 Å². The molecule has 0 rings (SSSR count). The molecule has 0 aliphatic heterocycles. The fraction of sp³-hybridized carbons (Fsp3) is 0.833. The van der Waals surface area contributed by atoms with E-state index in [-0.39, 0.29) is 0 Å². The maximum absolute atomic E-state index is 9.44. The Bertz CT molecular complexity index is 329. The van der Waals surface area contributed by atoms with Gasteiger partial charge in [0.1, 0.15) is 36.6 Å². The molecule has 0 spiro atoms. The van der Waals surface area contributed by atoms with Crippen LogP contribution in [0.4, 0.5) is 0 Å². The van der Waals surface area contributed by atoms with Crippen LogP contribution in [-0.2, 0) is 0 Å². The Labute approximate surface area is 127 Å². The largest absolute Gasteiger partial charge is 0.391 e. The first-order chi connectivity index (χ1) is 10.1. The molecule has 22 heavy (non-hydrogen) atoms. The molecule has 10 nitrogen and oxygen atoms in total. The van der Waals surface area contributed by atoms with Crippen LogP contribution in [0.3, 0.4) is 0 Å². The van der Waals surface area contributed by atoms with Crippen LogP contribution in [0.25, 0.3) is 0 Å². The van der Waals surface area contributed by atoms with Crippen LogP contribution in [0.1, 0.15) is 13.8 Å². The van der Waals surface area contributed by atoms with E-state index < -0.39 is 48.8 Å². The predicted molar refractivity (Wildman–Crippen MR) is 76.4 cm³/mol. The number of aliphatic hydroxyl groups excluding tert-OH is 8. The summed E-state index contributed by atoms with van der Waals surface area (Å²) in [4.78, 5) is 0. The van der Waals surface area contributed by atoms with Crippen LogP contribution in [0.15, 0.2) is 10.2 Å². The van der Waals surface area contributed by atoms with Crippen molar-refractivity contribution in [2.24, 2.45) is 10.2 Å². The highest BCUT2D eigenvalue weighted by molar-refractivity contribution is 5.67. The molecule has 8 atom stereocenters. The number of nitrogens with zero attached hydrogens (tertiary/aromatic N) is 2. The second-order valence-corrected chi connectivity index (χ2v) is 4.95. The van der Waals surface area contributed by atoms with E-state index in [0.717, 1.165) is 12.4 Å². The topological polar surface area (TPSA) is 187 Å². The lowest BCUT2D eigenvalue weighted by atomic mass is 10.1. The Hall–Kier alpha value is -0.980. The van der Waals surface area contributed by atoms with E-state index in [4.69, 9.17) is 10.2 Å². The lowest BCUT2D eigenvalue weighted by Crippen LogP contribution is -2.44. The summed E-state index contributed by atoms with van der Waals surface area (Å²) in [6.45, 7) is 2.45. The Morgan fingerprint density at radius 3 is 1.05 bits per heavy atom. The number of rotatable bonds is 9. The summed E-state index contributed by atoms with van der Waals surface area (Å²) in [5.41, 5.74) is 0. The second kappa shape index (κ2) is 9.92. The molecule has 0 aliphatic rings. The van der Waals surface area contributed by atoms with Gasteiger partial charge in [0, 0.05) is 0 Å². The molecule has 0 saturated carbocycles. The van der Waals surface area contributed by atoms with Crippen molar-refractivity contribution in [3.05, 3.63) is 0 Å². The molecule has 0 aromatic rings. The standard InChI is InChI=1S/C12H24N2O8/c1-5(15)9(19)11(21)7(17)3-13-14-4-8(18)12(22)10(20)6(2)16/h3-12,15-22H,1-2H3/b13-3-,14-4-/t5-,6-,7-,8-,9-,10-,11-,12-/m0/s1. The third-order valence-electron chi connectivity index (χ3n) is 2.89. The summed E-state index contributed by atoms with van der Waals surface area (Å²) in [5, 5.41) is 81.0. The van der Waals surface area contributed by atoms with Gasteiger partial charge in [-0.1, -0.05) is 0 Å². The molecule has 130 valence electrons. The first-order valence-electron chi connectivity index (χ1n) is 6.60. The molecule has 8 N–H and O–H groups in total. The minimum atomic E-state index is -1.69. The first-order valence-corrected chi connectivity index (χ1v) is 6.60. The molecule has 10 heteroatoms. The average Bonchev–Trinajstić information content (AvgIpc) is 2.47. The highest BCUT2D eigenvalue weighted by Gasteiger charge is 2.28. The SMILES string of the molecule is C[C@H](O)[C@H](O)[C@@H](O)[C@@H](O)/C=N\N=C/[C@H](O)[C@H](O)[C@@H](O)[C@H](C)O. The minimum Gasteiger partial charge on any atom is -0.391 e. The van der Waals surface area contributed by atoms with E-state index in [1.807, 2.05) is 0 Å². The highest BCUT2D eigenvalue weighted by Crippen LogP contribution is 2.04. The first kappa shape index (κ1) is 21.0. The number of aliphatic hydroxyl groups is 8. The fourth-order valence-electron chi connectivity index (χ4n) is 1.36. The maximum atomic E-state index is 9.44. The molecule has 0 fully saturated rings. The lowest BCUT2D eigenvalue weighted by Gasteiger charge is -2.22. The molecular formula is C12H24N2O8. The number of hydrogen-bond acceptors (Lipinski definition) is 10. The third-order valence-corrected chi connectivity index (χ3v) is 2.89. The smallest absolute Gasteiger partial charge is 0.119 e. The summed E-state index contributed by atoms with van der Waals surface area (Å²) >= 11 is 0. The summed E-state index contributed by atoms with van der Waals surface area (Å²) in [7, 11) is 0. The van der Waals surface area contributed by atoms with Crippen molar-refractivity contribution < 1.29 is 40.9 Å². The summed E-state index contributed by atoms with van der Waals surface area (Å²) in [6.07, 6.45) is -10.8. The highest BCUT2D eigenvalue weighted by atomic mass is 16.4. The van der Waals surface area contributed by atoms with E-state index in [1.54, 1.807) is 0 Å². The average molecular weight is 324 g/mol. The van der Waals surface area contributed by atoms with Gasteiger partial charge in [-0.05, 0) is 13.8 Å². The molecule has 0 bridgehead atoms. The normalized spacial score (nSPS) is 23.9. The Balaban J connectivity index is 4.47. The molecular weight excluding hydrogens is 300 g/mol. The predicted octanol–water partition coefficient (Wildman–Crippen LogP) is -4.03. The summed E-state index contributed by atoms with van der Waals surface area (Å²) in [6, 6.07) is 0. The number of hydrogen-bond donors (Lipinski definition) is 8. The quantitative estimate of drug-likeness (QED) is 0.155. The van der Waals surface area contributed by atoms with Gasteiger partial charge in [0.05, 0.1) is 24.6 Å². The minimum absolute atomic E-state index is 0.747. The molecule has 0 radical (unpaired) electrons. The van der Waals surface area contributed by atoms with Crippen molar-refractivity contribution in [2.45, 2.75) is 62.7 Å². The molecule has 0 aromatic carbocycles. The zero-order chi connectivity index (χ0) is 17.4. The second-order valence-electron chi connectivity index (χ2n) is 4.95. The van der Waals surface area contributed by atoms with E-state index in [1.165, 1.54) is 13.8 Å². The van der Waals surface area contributed by atoms with E-state index >= 15 is 0 Å². The van der Waals surface area contributed by atoms with Gasteiger partial charge < -0.3 is 40.9 Å². The molecule has 0 saturated heterocycles. The van der Waals surface area contributed by atoms with Crippen LogP contribution < -0.4 is 0 Å². The van der Waals surface area contributed by atoms with Crippen LogP contribution in [0.2, 0.25) is 0 Å². The maximum Gasteiger partial charge on any atom is 0.119 e. The third kappa shape index (κ3) is 6.85.